The predicted octanol–water partition coefficient (Wildman–Crippen LogP) is 7.70. The number of halogens is 6. The van der Waals surface area contributed by atoms with Gasteiger partial charge in [-0.25, -0.2) is 4.98 Å². The maximum Gasteiger partial charge on any atom is 0.423 e. The first-order valence-corrected chi connectivity index (χ1v) is 15.1. The molecule has 4 aromatic rings. The number of nitrogens with one attached hydrogen (secondary N) is 1. The van der Waals surface area contributed by atoms with Gasteiger partial charge in [0.05, 0.1) is 40.2 Å². The van der Waals surface area contributed by atoms with Crippen molar-refractivity contribution in [3.8, 4) is 5.75 Å². The highest BCUT2D eigenvalue weighted by molar-refractivity contribution is 5.81. The van der Waals surface area contributed by atoms with Crippen molar-refractivity contribution >= 4 is 33.8 Å². The lowest BCUT2D eigenvalue weighted by Gasteiger charge is -2.37. The minimum absolute atomic E-state index is 0.101. The number of nitro groups is 1. The van der Waals surface area contributed by atoms with Gasteiger partial charge < -0.3 is 19.9 Å². The third kappa shape index (κ3) is 7.44. The molecule has 9 nitrogen and oxygen atoms in total. The van der Waals surface area contributed by atoms with Crippen molar-refractivity contribution < 1.29 is 36.0 Å². The molecule has 2 aromatic heterocycles. The minimum Gasteiger partial charge on any atom is -0.489 e. The third-order valence-corrected chi connectivity index (χ3v) is 8.52. The molecule has 1 aliphatic heterocycles. The van der Waals surface area contributed by atoms with E-state index >= 15 is 0 Å². The van der Waals surface area contributed by atoms with E-state index in [2.05, 4.69) is 25.1 Å². The van der Waals surface area contributed by atoms with Crippen LogP contribution in [0.25, 0.3) is 10.9 Å². The molecule has 3 heterocycles. The minimum atomic E-state index is -4.84. The largest absolute Gasteiger partial charge is 0.489 e. The highest BCUT2D eigenvalue weighted by atomic mass is 19.4. The number of anilines is 3. The fourth-order valence-corrected chi connectivity index (χ4v) is 6.07. The zero-order chi connectivity index (χ0) is 33.3. The lowest BCUT2D eigenvalue weighted by atomic mass is 9.92. The van der Waals surface area contributed by atoms with Crippen molar-refractivity contribution in [3.05, 3.63) is 88.2 Å². The van der Waals surface area contributed by atoms with Crippen molar-refractivity contribution in [2.75, 3.05) is 41.3 Å². The van der Waals surface area contributed by atoms with Gasteiger partial charge in [-0.3, -0.25) is 15.1 Å². The van der Waals surface area contributed by atoms with Crippen LogP contribution in [0.3, 0.4) is 0 Å². The van der Waals surface area contributed by atoms with Gasteiger partial charge in [-0.15, -0.1) is 0 Å². The van der Waals surface area contributed by atoms with E-state index < -0.39 is 34.1 Å². The lowest BCUT2D eigenvalue weighted by Crippen LogP contribution is -2.46. The number of hydrogen-bond acceptors (Lipinski definition) is 8. The SMILES string of the molecule is O=[N+]([O-])c1ccc(N[C@H]2CC[C@H](Oc3cncc(N4CCN(c5ccc6cc(C(F)(F)F)ccc6n5)CC4)c3)CC2)cc1C(F)(F)F. The van der Waals surface area contributed by atoms with Gasteiger partial charge in [0.2, 0.25) is 0 Å². The van der Waals surface area contributed by atoms with Crippen LogP contribution in [0.1, 0.15) is 36.8 Å². The van der Waals surface area contributed by atoms with Crippen molar-refractivity contribution in [2.24, 2.45) is 0 Å². The Hall–Kier alpha value is -4.82. The Bertz CT molecular complexity index is 1750. The summed E-state index contributed by atoms with van der Waals surface area (Å²) in [5.41, 5.74) is -1.40. The first kappa shape index (κ1) is 32.1. The summed E-state index contributed by atoms with van der Waals surface area (Å²) in [5.74, 6) is 1.31. The first-order valence-electron chi connectivity index (χ1n) is 15.1. The second kappa shape index (κ2) is 12.8. The van der Waals surface area contributed by atoms with Gasteiger partial charge in [0.1, 0.15) is 17.1 Å². The van der Waals surface area contributed by atoms with Gasteiger partial charge >= 0.3 is 12.4 Å². The van der Waals surface area contributed by atoms with Crippen molar-refractivity contribution in [1.29, 1.82) is 0 Å². The maximum atomic E-state index is 13.4. The molecule has 1 aliphatic carbocycles. The fourth-order valence-electron chi connectivity index (χ4n) is 6.07. The molecule has 0 bridgehead atoms. The second-order valence-electron chi connectivity index (χ2n) is 11.7. The molecular weight excluding hydrogens is 630 g/mol. The Morgan fingerprint density at radius 3 is 2.23 bits per heavy atom. The lowest BCUT2D eigenvalue weighted by molar-refractivity contribution is -0.388. The number of ether oxygens (including phenoxy) is 1. The molecule has 1 N–H and O–H groups in total. The predicted molar refractivity (Wildman–Crippen MR) is 164 cm³/mol. The normalized spacial score (nSPS) is 19.1. The summed E-state index contributed by atoms with van der Waals surface area (Å²) in [6.45, 7) is 2.65. The molecule has 0 unspecified atom stereocenters. The summed E-state index contributed by atoms with van der Waals surface area (Å²) >= 11 is 0. The molecule has 0 spiro atoms. The molecule has 0 amide bonds. The standard InChI is InChI=1S/C32H30F6N6O3/c33-31(34,35)21-2-8-28-20(15-21)1-10-30(41-28)43-13-11-42(12-14-43)24-17-26(19-39-18-24)47-25-6-3-22(4-7-25)40-23-5-9-29(44(45)46)27(16-23)32(36,37)38/h1-2,5,8-10,15-19,22,25,40H,3-4,6-7,11-14H2/t22-,25-. The Kier molecular flexibility index (Phi) is 8.72. The Labute approximate surface area is 265 Å². The second-order valence-corrected chi connectivity index (χ2v) is 11.7. The average Bonchev–Trinajstić information content (AvgIpc) is 3.04. The van der Waals surface area contributed by atoms with Crippen molar-refractivity contribution in [1.82, 2.24) is 9.97 Å². The van der Waals surface area contributed by atoms with Gasteiger partial charge in [-0.1, -0.05) is 0 Å². The van der Waals surface area contributed by atoms with Gasteiger partial charge in [-0.05, 0) is 68.1 Å². The number of hydrogen-bond donors (Lipinski definition) is 1. The number of nitro benzene ring substituents is 1. The maximum absolute atomic E-state index is 13.4. The molecule has 0 radical (unpaired) electrons. The van der Waals surface area contributed by atoms with Crippen LogP contribution in [0, 0.1) is 10.1 Å². The Balaban J connectivity index is 1.01. The summed E-state index contributed by atoms with van der Waals surface area (Å²) in [7, 11) is 0. The summed E-state index contributed by atoms with van der Waals surface area (Å²) in [4.78, 5) is 23.2. The number of nitrogens with zero attached hydrogens (tertiary/aromatic N) is 5. The number of fused-ring (bicyclic) bond motifs is 1. The van der Waals surface area contributed by atoms with E-state index in [-0.39, 0.29) is 17.8 Å². The van der Waals surface area contributed by atoms with E-state index in [0.717, 1.165) is 30.0 Å². The van der Waals surface area contributed by atoms with E-state index in [1.807, 2.05) is 6.07 Å². The summed E-state index contributed by atoms with van der Waals surface area (Å²) in [6.07, 6.45) is -3.34. The molecule has 47 heavy (non-hydrogen) atoms. The average molecular weight is 661 g/mol. The topological polar surface area (TPSA) is 96.7 Å². The molecule has 6 rings (SSSR count). The smallest absolute Gasteiger partial charge is 0.423 e. The summed E-state index contributed by atoms with van der Waals surface area (Å²) in [6, 6.07) is 11.7. The van der Waals surface area contributed by atoms with Gasteiger partial charge in [0, 0.05) is 55.4 Å². The van der Waals surface area contributed by atoms with E-state index in [9.17, 15) is 36.5 Å². The van der Waals surface area contributed by atoms with E-state index in [1.165, 1.54) is 12.1 Å². The third-order valence-electron chi connectivity index (χ3n) is 8.52. The van der Waals surface area contributed by atoms with Crippen LogP contribution in [0.2, 0.25) is 0 Å². The number of aromatic nitrogens is 2. The molecular formula is C32H30F6N6O3. The van der Waals surface area contributed by atoms with Gasteiger partial charge in [0.15, 0.2) is 0 Å². The molecule has 2 aromatic carbocycles. The van der Waals surface area contributed by atoms with Crippen molar-refractivity contribution in [2.45, 2.75) is 50.2 Å². The van der Waals surface area contributed by atoms with E-state index in [4.69, 9.17) is 4.74 Å². The van der Waals surface area contributed by atoms with Crippen LogP contribution < -0.4 is 19.9 Å². The molecule has 0 atom stereocenters. The summed E-state index contributed by atoms with van der Waals surface area (Å²) in [5, 5.41) is 14.5. The highest BCUT2D eigenvalue weighted by Crippen LogP contribution is 2.38. The van der Waals surface area contributed by atoms with Crippen LogP contribution in [0.4, 0.5) is 49.2 Å². The zero-order valence-electron chi connectivity index (χ0n) is 24.9. The number of rotatable bonds is 7. The zero-order valence-corrected chi connectivity index (χ0v) is 24.9. The van der Waals surface area contributed by atoms with Crippen LogP contribution >= 0.6 is 0 Å². The molecule has 1 saturated heterocycles. The molecule has 248 valence electrons. The quantitative estimate of drug-likeness (QED) is 0.122. The van der Waals surface area contributed by atoms with E-state index in [0.29, 0.717) is 74.3 Å². The highest BCUT2D eigenvalue weighted by Gasteiger charge is 2.38. The number of piperazine rings is 1. The molecule has 2 aliphatic rings. The number of alkyl halides is 6. The number of pyridine rings is 2. The first-order chi connectivity index (χ1) is 22.3. The van der Waals surface area contributed by atoms with Crippen LogP contribution in [-0.4, -0.2) is 53.2 Å². The molecule has 2 fully saturated rings. The molecule has 1 saturated carbocycles. The van der Waals surface area contributed by atoms with Crippen LogP contribution in [0.5, 0.6) is 5.75 Å². The van der Waals surface area contributed by atoms with Gasteiger partial charge in [-0.2, -0.15) is 26.3 Å². The molecule has 15 heteroatoms. The monoisotopic (exact) mass is 660 g/mol. The van der Waals surface area contributed by atoms with Gasteiger partial charge in [0.25, 0.3) is 5.69 Å². The van der Waals surface area contributed by atoms with Crippen LogP contribution in [-0.2, 0) is 12.4 Å². The Morgan fingerprint density at radius 2 is 1.55 bits per heavy atom. The van der Waals surface area contributed by atoms with E-state index in [1.54, 1.807) is 24.5 Å². The van der Waals surface area contributed by atoms with Crippen molar-refractivity contribution in [3.63, 3.8) is 0 Å². The summed E-state index contributed by atoms with van der Waals surface area (Å²) < 4.78 is 85.5. The fraction of sp³-hybridized carbons (Fsp3) is 0.375. The van der Waals surface area contributed by atoms with Crippen LogP contribution in [0.15, 0.2) is 67.0 Å². The Morgan fingerprint density at radius 1 is 0.830 bits per heavy atom. The number of benzene rings is 2.